The molecule has 0 aliphatic rings. The monoisotopic (exact) mass is 255 g/mol. The summed E-state index contributed by atoms with van der Waals surface area (Å²) in [5.74, 6) is 0. The Labute approximate surface area is 115 Å². The highest BCUT2D eigenvalue weighted by Crippen LogP contribution is 2.18. The Balaban J connectivity index is 1.94. The van der Waals surface area contributed by atoms with Crippen LogP contribution in [0.2, 0.25) is 0 Å². The molecule has 2 rings (SSSR count). The number of rotatable bonds is 5. The standard InChI is InChI=1S/C17H21NO/c1-13-8-6-7-11-16(13)14(2)18-12-17(19)15-9-4-3-5-10-15/h3-11,14,17-19H,12H2,1-2H3/t14-,17?/m0/s1. The second-order valence-electron chi connectivity index (χ2n) is 4.91. The number of nitrogens with one attached hydrogen (secondary N) is 1. The highest BCUT2D eigenvalue weighted by atomic mass is 16.3. The molecule has 100 valence electrons. The van der Waals surface area contributed by atoms with E-state index < -0.39 is 6.10 Å². The highest BCUT2D eigenvalue weighted by molar-refractivity contribution is 5.28. The quantitative estimate of drug-likeness (QED) is 0.858. The average molecular weight is 255 g/mol. The molecule has 0 saturated carbocycles. The molecule has 0 radical (unpaired) electrons. The van der Waals surface area contributed by atoms with Gasteiger partial charge in [-0.2, -0.15) is 0 Å². The maximum absolute atomic E-state index is 10.1. The maximum atomic E-state index is 10.1. The lowest BCUT2D eigenvalue weighted by Gasteiger charge is -2.19. The van der Waals surface area contributed by atoms with Crippen LogP contribution in [0.3, 0.4) is 0 Å². The number of aliphatic hydroxyl groups is 1. The summed E-state index contributed by atoms with van der Waals surface area (Å²) in [5.41, 5.74) is 3.51. The van der Waals surface area contributed by atoms with E-state index in [-0.39, 0.29) is 6.04 Å². The summed E-state index contributed by atoms with van der Waals surface area (Å²) in [6.45, 7) is 4.79. The minimum absolute atomic E-state index is 0.236. The minimum Gasteiger partial charge on any atom is -0.387 e. The maximum Gasteiger partial charge on any atom is 0.0914 e. The molecular weight excluding hydrogens is 234 g/mol. The van der Waals surface area contributed by atoms with E-state index in [0.29, 0.717) is 6.54 Å². The van der Waals surface area contributed by atoms with Gasteiger partial charge >= 0.3 is 0 Å². The number of hydrogen-bond acceptors (Lipinski definition) is 2. The molecule has 2 N–H and O–H groups in total. The minimum atomic E-state index is -0.465. The van der Waals surface area contributed by atoms with Gasteiger partial charge in [0.1, 0.15) is 0 Å². The predicted molar refractivity (Wildman–Crippen MR) is 79.0 cm³/mol. The molecule has 1 unspecified atom stereocenters. The molecule has 0 saturated heterocycles. The van der Waals surface area contributed by atoms with Gasteiger partial charge in [0.05, 0.1) is 6.10 Å². The number of aryl methyl sites for hydroxylation is 1. The Hall–Kier alpha value is -1.64. The molecule has 2 aromatic carbocycles. The van der Waals surface area contributed by atoms with Crippen LogP contribution in [-0.4, -0.2) is 11.7 Å². The molecule has 0 fully saturated rings. The summed E-state index contributed by atoms with van der Waals surface area (Å²) >= 11 is 0. The third-order valence-electron chi connectivity index (χ3n) is 3.46. The molecule has 19 heavy (non-hydrogen) atoms. The van der Waals surface area contributed by atoms with E-state index in [9.17, 15) is 5.11 Å². The Bertz CT molecular complexity index is 510. The van der Waals surface area contributed by atoms with Gasteiger partial charge in [-0.15, -0.1) is 0 Å². The van der Waals surface area contributed by atoms with Crippen LogP contribution < -0.4 is 5.32 Å². The third kappa shape index (κ3) is 3.66. The van der Waals surface area contributed by atoms with E-state index >= 15 is 0 Å². The van der Waals surface area contributed by atoms with Crippen LogP contribution in [0.25, 0.3) is 0 Å². The fourth-order valence-electron chi connectivity index (χ4n) is 2.26. The molecule has 2 nitrogen and oxygen atoms in total. The van der Waals surface area contributed by atoms with Gasteiger partial charge in [-0.1, -0.05) is 54.6 Å². The van der Waals surface area contributed by atoms with Gasteiger partial charge in [0.2, 0.25) is 0 Å². The molecule has 0 aliphatic heterocycles. The normalized spacial score (nSPS) is 14.1. The van der Waals surface area contributed by atoms with E-state index in [1.54, 1.807) is 0 Å². The van der Waals surface area contributed by atoms with E-state index in [4.69, 9.17) is 0 Å². The lowest BCUT2D eigenvalue weighted by Crippen LogP contribution is -2.25. The molecule has 0 spiro atoms. The van der Waals surface area contributed by atoms with Crippen LogP contribution >= 0.6 is 0 Å². The summed E-state index contributed by atoms with van der Waals surface area (Å²) in [5, 5.41) is 13.5. The van der Waals surface area contributed by atoms with Crippen LogP contribution in [0.15, 0.2) is 54.6 Å². The van der Waals surface area contributed by atoms with E-state index in [1.807, 2.05) is 42.5 Å². The molecular formula is C17H21NO. The van der Waals surface area contributed by atoms with Crippen molar-refractivity contribution >= 4 is 0 Å². The second-order valence-corrected chi connectivity index (χ2v) is 4.91. The van der Waals surface area contributed by atoms with Crippen molar-refractivity contribution in [2.45, 2.75) is 26.0 Å². The SMILES string of the molecule is Cc1ccccc1[C@H](C)NCC(O)c1ccccc1. The van der Waals surface area contributed by atoms with Gasteiger partial charge in [-0.3, -0.25) is 0 Å². The first-order chi connectivity index (χ1) is 9.18. The molecule has 2 heteroatoms. The Kier molecular flexibility index (Phi) is 4.72. The first-order valence-electron chi connectivity index (χ1n) is 6.70. The largest absolute Gasteiger partial charge is 0.387 e. The zero-order valence-corrected chi connectivity index (χ0v) is 11.5. The topological polar surface area (TPSA) is 32.3 Å². The smallest absolute Gasteiger partial charge is 0.0914 e. The summed E-state index contributed by atoms with van der Waals surface area (Å²) in [7, 11) is 0. The molecule has 0 aliphatic carbocycles. The van der Waals surface area contributed by atoms with Gasteiger partial charge in [-0.25, -0.2) is 0 Å². The van der Waals surface area contributed by atoms with Gasteiger partial charge in [0.25, 0.3) is 0 Å². The van der Waals surface area contributed by atoms with Crippen molar-refractivity contribution in [2.75, 3.05) is 6.54 Å². The number of benzene rings is 2. The zero-order chi connectivity index (χ0) is 13.7. The van der Waals surface area contributed by atoms with Crippen LogP contribution in [-0.2, 0) is 0 Å². The van der Waals surface area contributed by atoms with Gasteiger partial charge < -0.3 is 10.4 Å². The fraction of sp³-hybridized carbons (Fsp3) is 0.294. The molecule has 0 amide bonds. The van der Waals surface area contributed by atoms with Crippen molar-refractivity contribution in [1.29, 1.82) is 0 Å². The summed E-state index contributed by atoms with van der Waals surface area (Å²) in [4.78, 5) is 0. The van der Waals surface area contributed by atoms with Crippen molar-refractivity contribution in [1.82, 2.24) is 5.32 Å². The average Bonchev–Trinajstić information content (AvgIpc) is 2.46. The van der Waals surface area contributed by atoms with Crippen LogP contribution in [0.4, 0.5) is 0 Å². The Morgan fingerprint density at radius 1 is 1.00 bits per heavy atom. The van der Waals surface area contributed by atoms with Crippen LogP contribution in [0.1, 0.15) is 35.8 Å². The van der Waals surface area contributed by atoms with Crippen molar-refractivity contribution in [2.24, 2.45) is 0 Å². The van der Waals surface area contributed by atoms with E-state index in [2.05, 4.69) is 31.3 Å². The summed E-state index contributed by atoms with van der Waals surface area (Å²) in [6.07, 6.45) is -0.465. The Morgan fingerprint density at radius 3 is 2.32 bits per heavy atom. The molecule has 0 bridgehead atoms. The zero-order valence-electron chi connectivity index (χ0n) is 11.5. The van der Waals surface area contributed by atoms with Gasteiger partial charge in [0.15, 0.2) is 0 Å². The molecule has 2 aromatic rings. The molecule has 2 atom stereocenters. The fourth-order valence-corrected chi connectivity index (χ4v) is 2.26. The van der Waals surface area contributed by atoms with E-state index in [0.717, 1.165) is 5.56 Å². The second kappa shape index (κ2) is 6.50. The van der Waals surface area contributed by atoms with Crippen LogP contribution in [0.5, 0.6) is 0 Å². The van der Waals surface area contributed by atoms with Crippen molar-refractivity contribution in [3.63, 3.8) is 0 Å². The summed E-state index contributed by atoms with van der Waals surface area (Å²) < 4.78 is 0. The van der Waals surface area contributed by atoms with Crippen molar-refractivity contribution < 1.29 is 5.11 Å². The lowest BCUT2D eigenvalue weighted by molar-refractivity contribution is 0.171. The van der Waals surface area contributed by atoms with Crippen molar-refractivity contribution in [3.8, 4) is 0 Å². The first kappa shape index (κ1) is 13.8. The lowest BCUT2D eigenvalue weighted by atomic mass is 10.0. The third-order valence-corrected chi connectivity index (χ3v) is 3.46. The first-order valence-corrected chi connectivity index (χ1v) is 6.70. The van der Waals surface area contributed by atoms with Crippen molar-refractivity contribution in [3.05, 3.63) is 71.3 Å². The highest BCUT2D eigenvalue weighted by Gasteiger charge is 2.11. The predicted octanol–water partition coefficient (Wildman–Crippen LogP) is 3.38. The summed E-state index contributed by atoms with van der Waals surface area (Å²) in [6, 6.07) is 18.3. The van der Waals surface area contributed by atoms with Gasteiger partial charge in [0, 0.05) is 12.6 Å². The van der Waals surface area contributed by atoms with E-state index in [1.165, 1.54) is 11.1 Å². The number of aliphatic hydroxyl groups excluding tert-OH is 1. The molecule has 0 heterocycles. The molecule has 0 aromatic heterocycles. The van der Waals surface area contributed by atoms with Gasteiger partial charge in [-0.05, 0) is 30.5 Å². The van der Waals surface area contributed by atoms with Crippen LogP contribution in [0, 0.1) is 6.92 Å². The number of hydrogen-bond donors (Lipinski definition) is 2. The Morgan fingerprint density at radius 2 is 1.63 bits per heavy atom.